The minimum atomic E-state index is -0.981. The number of hydrogen-bond donors (Lipinski definition) is 6. The van der Waals surface area contributed by atoms with E-state index in [0.29, 0.717) is 6.42 Å². The maximum Gasteiger partial charge on any atom is 0.327 e. The molecule has 9 heteroatoms. The minimum absolute atomic E-state index is 0.195. The van der Waals surface area contributed by atoms with Crippen molar-refractivity contribution in [2.24, 2.45) is 10.8 Å². The molecular formula is C24H38O9. The van der Waals surface area contributed by atoms with Crippen molar-refractivity contribution in [2.75, 3.05) is 19.8 Å². The van der Waals surface area contributed by atoms with E-state index in [1.807, 2.05) is 18.2 Å². The summed E-state index contributed by atoms with van der Waals surface area (Å²) in [5, 5.41) is 51.2. The lowest BCUT2D eigenvalue weighted by molar-refractivity contribution is -0.132. The molecule has 0 aromatic rings. The van der Waals surface area contributed by atoms with E-state index in [1.165, 1.54) is 0 Å². The zero-order valence-corrected chi connectivity index (χ0v) is 19.1. The summed E-state index contributed by atoms with van der Waals surface area (Å²) in [6.07, 6.45) is 10.7. The van der Waals surface area contributed by atoms with E-state index in [1.54, 1.807) is 0 Å². The van der Waals surface area contributed by atoms with Crippen molar-refractivity contribution in [3.8, 4) is 0 Å². The molecule has 188 valence electrons. The summed E-state index contributed by atoms with van der Waals surface area (Å²) in [5.74, 6) is -2.94. The van der Waals surface area contributed by atoms with Crippen LogP contribution in [0.4, 0.5) is 0 Å². The zero-order valence-electron chi connectivity index (χ0n) is 19.1. The van der Waals surface area contributed by atoms with Gasteiger partial charge in [0.25, 0.3) is 0 Å². The van der Waals surface area contributed by atoms with Gasteiger partial charge in [-0.3, -0.25) is 0 Å². The maximum absolute atomic E-state index is 9.45. The molecule has 9 nitrogen and oxygen atoms in total. The summed E-state index contributed by atoms with van der Waals surface area (Å²) in [7, 11) is 0. The molecule has 0 aliphatic rings. The number of rotatable bonds is 14. The second-order valence-electron chi connectivity index (χ2n) is 6.76. The van der Waals surface area contributed by atoms with Crippen LogP contribution in [0.25, 0.3) is 0 Å². The molecule has 0 aromatic carbocycles. The zero-order chi connectivity index (χ0) is 26.9. The summed E-state index contributed by atoms with van der Waals surface area (Å²) in [4.78, 5) is 27.8. The smallest absolute Gasteiger partial charge is 0.327 e. The van der Waals surface area contributed by atoms with E-state index in [0.717, 1.165) is 37.5 Å². The molecule has 0 saturated heterocycles. The highest BCUT2D eigenvalue weighted by Gasteiger charge is 2.38. The Hall–Kier alpha value is -3.27. The number of aliphatic hydroxyl groups is 3. The number of hydrogen-bond acceptors (Lipinski definition) is 6. The van der Waals surface area contributed by atoms with Crippen LogP contribution in [0.5, 0.6) is 0 Å². The topological polar surface area (TPSA) is 173 Å². The van der Waals surface area contributed by atoms with Crippen molar-refractivity contribution in [1.29, 1.82) is 0 Å². The Kier molecular flexibility index (Phi) is 26.3. The lowest BCUT2D eigenvalue weighted by atomic mass is 9.66. The number of allylic oxidation sites excluding steroid dienone is 3. The van der Waals surface area contributed by atoms with E-state index in [-0.39, 0.29) is 25.2 Å². The second kappa shape index (κ2) is 23.4. The van der Waals surface area contributed by atoms with E-state index < -0.39 is 23.3 Å². The van der Waals surface area contributed by atoms with Crippen molar-refractivity contribution in [3.05, 3.63) is 75.9 Å². The second-order valence-corrected chi connectivity index (χ2v) is 6.76. The monoisotopic (exact) mass is 470 g/mol. The summed E-state index contributed by atoms with van der Waals surface area (Å²) in [5.41, 5.74) is -1.06. The maximum atomic E-state index is 9.45. The molecule has 0 heterocycles. The van der Waals surface area contributed by atoms with Gasteiger partial charge < -0.3 is 30.6 Å². The molecule has 0 spiro atoms. The van der Waals surface area contributed by atoms with Gasteiger partial charge in [0, 0.05) is 23.6 Å². The highest BCUT2D eigenvalue weighted by Crippen LogP contribution is 2.43. The Morgan fingerprint density at radius 1 is 0.545 bits per heavy atom. The summed E-state index contributed by atoms with van der Waals surface area (Å²) >= 11 is 0. The van der Waals surface area contributed by atoms with Gasteiger partial charge in [0.1, 0.15) is 0 Å². The first-order chi connectivity index (χ1) is 15.4. The lowest BCUT2D eigenvalue weighted by Gasteiger charge is -2.40. The Morgan fingerprint density at radius 2 is 0.758 bits per heavy atom. The van der Waals surface area contributed by atoms with Gasteiger partial charge in [-0.15, -0.1) is 19.7 Å². The van der Waals surface area contributed by atoms with Gasteiger partial charge in [-0.05, 0) is 31.1 Å². The quantitative estimate of drug-likeness (QED) is 0.165. The van der Waals surface area contributed by atoms with Crippen molar-refractivity contribution in [2.45, 2.75) is 25.7 Å². The van der Waals surface area contributed by atoms with Gasteiger partial charge >= 0.3 is 17.9 Å². The SMILES string of the molecule is C=CC(=O)O.C=CC(=O)O.C=CC(=O)O.C=CCC(CC=C)(CC=C)CC(CO)(CO)CO. The predicted octanol–water partition coefficient (Wildman–Crippen LogP) is 2.83. The third kappa shape index (κ3) is 23.2. The van der Waals surface area contributed by atoms with E-state index in [4.69, 9.17) is 15.3 Å². The summed E-state index contributed by atoms with van der Waals surface area (Å²) in [6.45, 7) is 19.4. The molecule has 33 heavy (non-hydrogen) atoms. The van der Waals surface area contributed by atoms with E-state index >= 15 is 0 Å². The van der Waals surface area contributed by atoms with Gasteiger partial charge in [0.05, 0.1) is 19.8 Å². The van der Waals surface area contributed by atoms with Crippen LogP contribution in [0.3, 0.4) is 0 Å². The van der Waals surface area contributed by atoms with Crippen molar-refractivity contribution >= 4 is 17.9 Å². The predicted molar refractivity (Wildman–Crippen MR) is 129 cm³/mol. The van der Waals surface area contributed by atoms with Crippen LogP contribution in [-0.4, -0.2) is 68.4 Å². The minimum Gasteiger partial charge on any atom is -0.478 e. The average molecular weight is 471 g/mol. The molecular weight excluding hydrogens is 432 g/mol. The highest BCUT2D eigenvalue weighted by molar-refractivity contribution is 5.79. The van der Waals surface area contributed by atoms with Crippen LogP contribution in [0.2, 0.25) is 0 Å². The molecule has 0 amide bonds. The Balaban J connectivity index is -0.000000226. The molecule has 0 aliphatic carbocycles. The van der Waals surface area contributed by atoms with Crippen LogP contribution in [-0.2, 0) is 14.4 Å². The van der Waals surface area contributed by atoms with Crippen molar-refractivity contribution in [1.82, 2.24) is 0 Å². The molecule has 6 N–H and O–H groups in total. The molecule has 0 atom stereocenters. The summed E-state index contributed by atoms with van der Waals surface area (Å²) < 4.78 is 0. The first kappa shape index (κ1) is 37.1. The fraction of sp³-hybridized carbons (Fsp3) is 0.375. The van der Waals surface area contributed by atoms with E-state index in [9.17, 15) is 29.7 Å². The molecule has 0 aliphatic heterocycles. The van der Waals surface area contributed by atoms with Gasteiger partial charge in [-0.1, -0.05) is 38.0 Å². The number of aliphatic carboxylic acids is 3. The fourth-order valence-electron chi connectivity index (χ4n) is 2.50. The third-order valence-electron chi connectivity index (χ3n) is 4.01. The number of carboxylic acids is 3. The van der Waals surface area contributed by atoms with Gasteiger partial charge in [-0.25, -0.2) is 14.4 Å². The Bertz CT molecular complexity index is 554. The molecule has 0 saturated carbocycles. The molecule has 0 fully saturated rings. The first-order valence-electron chi connectivity index (χ1n) is 9.60. The lowest BCUT2D eigenvalue weighted by Crippen LogP contribution is -2.40. The number of carbonyl (C=O) groups is 3. The van der Waals surface area contributed by atoms with Crippen LogP contribution in [0.15, 0.2) is 75.9 Å². The van der Waals surface area contributed by atoms with Gasteiger partial charge in [0.15, 0.2) is 0 Å². The molecule has 0 aromatic heterocycles. The van der Waals surface area contributed by atoms with Crippen LogP contribution >= 0.6 is 0 Å². The van der Waals surface area contributed by atoms with Crippen LogP contribution < -0.4 is 0 Å². The Labute approximate surface area is 195 Å². The molecule has 0 radical (unpaired) electrons. The number of carboxylic acid groups (broad SMARTS) is 3. The fourth-order valence-corrected chi connectivity index (χ4v) is 2.50. The normalized spacial score (nSPS) is 9.55. The van der Waals surface area contributed by atoms with Gasteiger partial charge in [-0.2, -0.15) is 0 Å². The van der Waals surface area contributed by atoms with Gasteiger partial charge in [0.2, 0.25) is 0 Å². The largest absolute Gasteiger partial charge is 0.478 e. The van der Waals surface area contributed by atoms with Crippen LogP contribution in [0.1, 0.15) is 25.7 Å². The number of aliphatic hydroxyl groups excluding tert-OH is 3. The highest BCUT2D eigenvalue weighted by atomic mass is 16.4. The third-order valence-corrected chi connectivity index (χ3v) is 4.01. The molecule has 0 rings (SSSR count). The standard InChI is InChI=1S/C15H26O3.3C3H4O2/c1-4-7-14(8-5-2,9-6-3)10-15(11-16,12-17)13-18;3*1-2-3(4)5/h4-6,16-18H,1-3,7-13H2;3*2H,1H2,(H,4,5). The summed E-state index contributed by atoms with van der Waals surface area (Å²) in [6, 6.07) is 0. The Morgan fingerprint density at radius 3 is 0.879 bits per heavy atom. The first-order valence-corrected chi connectivity index (χ1v) is 9.60. The van der Waals surface area contributed by atoms with Crippen molar-refractivity contribution < 1.29 is 45.0 Å². The molecule has 0 bridgehead atoms. The van der Waals surface area contributed by atoms with Crippen LogP contribution in [0, 0.1) is 10.8 Å². The van der Waals surface area contributed by atoms with E-state index in [2.05, 4.69) is 39.5 Å². The van der Waals surface area contributed by atoms with Crippen molar-refractivity contribution in [3.63, 3.8) is 0 Å². The molecule has 0 unspecified atom stereocenters. The average Bonchev–Trinajstić information content (AvgIpc) is 2.79.